The van der Waals surface area contributed by atoms with Gasteiger partial charge in [0.15, 0.2) is 0 Å². The lowest BCUT2D eigenvalue weighted by Gasteiger charge is -2.03. The minimum absolute atomic E-state index is 0.856. The first kappa shape index (κ1) is 10.3. The van der Waals surface area contributed by atoms with Crippen molar-refractivity contribution in [3.8, 4) is 0 Å². The molecule has 1 N–H and O–H groups in total. The standard InChI is InChI=1S/C4H5NO.ClHO4/c1-4-2-3-5-6-4;2-1(3,4)5/h2-3H,1H3;(H,2,3,4,5). The highest BCUT2D eigenvalue weighted by Crippen LogP contribution is 1.88. The van der Waals surface area contributed by atoms with Crippen LogP contribution in [0.3, 0.4) is 0 Å². The molecule has 0 aromatic carbocycles. The Morgan fingerprint density at radius 2 is 2.00 bits per heavy atom. The Bertz CT molecular complexity index is 175. The van der Waals surface area contributed by atoms with E-state index < -0.39 is 10.2 Å². The van der Waals surface area contributed by atoms with Gasteiger partial charge >= 0.3 is 0 Å². The van der Waals surface area contributed by atoms with Crippen LogP contribution >= 0.6 is 0 Å². The van der Waals surface area contributed by atoms with Crippen LogP contribution < -0.4 is 14.0 Å². The topological polar surface area (TPSA) is 115 Å². The molecule has 6 nitrogen and oxygen atoms in total. The Morgan fingerprint density at radius 1 is 1.55 bits per heavy atom. The zero-order valence-corrected chi connectivity index (χ0v) is 6.32. The Labute approximate surface area is 64.4 Å². The quantitative estimate of drug-likeness (QED) is 0.454. The van der Waals surface area contributed by atoms with Crippen LogP contribution in [0.2, 0.25) is 0 Å². The molecule has 0 radical (unpaired) electrons. The van der Waals surface area contributed by atoms with Gasteiger partial charge in [0.1, 0.15) is 5.76 Å². The average Bonchev–Trinajstić information content (AvgIpc) is 2.12. The van der Waals surface area contributed by atoms with Crippen molar-refractivity contribution in [2.24, 2.45) is 0 Å². The molecule has 11 heavy (non-hydrogen) atoms. The van der Waals surface area contributed by atoms with E-state index in [4.69, 9.17) is 18.6 Å². The maximum atomic E-state index is 8.60. The highest BCUT2D eigenvalue weighted by molar-refractivity contribution is 4.87. The summed E-state index contributed by atoms with van der Waals surface area (Å²) in [5.74, 6) is 0.856. The van der Waals surface area contributed by atoms with E-state index in [1.807, 2.05) is 6.92 Å². The summed E-state index contributed by atoms with van der Waals surface area (Å²) in [6, 6.07) is 1.81. The first-order valence-electron chi connectivity index (χ1n) is 2.40. The molecule has 0 saturated heterocycles. The number of halogens is 1. The third-order valence-corrected chi connectivity index (χ3v) is 0.567. The van der Waals surface area contributed by atoms with Crippen molar-refractivity contribution in [2.45, 2.75) is 6.92 Å². The van der Waals surface area contributed by atoms with E-state index >= 15 is 0 Å². The van der Waals surface area contributed by atoms with Gasteiger partial charge < -0.3 is 4.52 Å². The molecule has 0 amide bonds. The third kappa shape index (κ3) is 12.5. The summed E-state index contributed by atoms with van der Waals surface area (Å²) in [7, 11) is -4.69. The molecule has 1 aromatic rings. The van der Waals surface area contributed by atoms with Crippen molar-refractivity contribution >= 4 is 0 Å². The van der Waals surface area contributed by atoms with Crippen LogP contribution in [0.15, 0.2) is 16.8 Å². The van der Waals surface area contributed by atoms with Gasteiger partial charge in [-0.05, 0) is 6.92 Å². The zero-order valence-electron chi connectivity index (χ0n) is 5.56. The van der Waals surface area contributed by atoms with Crippen LogP contribution in [0.1, 0.15) is 5.76 Å². The van der Waals surface area contributed by atoms with Gasteiger partial charge in [-0.1, -0.05) is 5.16 Å². The Balaban J connectivity index is 0.000000187. The SMILES string of the molecule is Cc1ccno1.[O-][Cl+3]([O-])([O-])O. The van der Waals surface area contributed by atoms with Gasteiger partial charge in [-0.15, -0.1) is 0 Å². The lowest BCUT2D eigenvalue weighted by Crippen LogP contribution is -2.58. The average molecular weight is 184 g/mol. The Hall–Kier alpha value is -0.660. The number of nitrogens with zero attached hydrogens (tertiary/aromatic N) is 1. The van der Waals surface area contributed by atoms with E-state index in [2.05, 4.69) is 9.68 Å². The molecule has 1 aromatic heterocycles. The van der Waals surface area contributed by atoms with Crippen molar-refractivity contribution in [1.82, 2.24) is 5.16 Å². The molecule has 0 aliphatic carbocycles. The largest absolute Gasteiger partial charge is 0.362 e. The smallest absolute Gasteiger partial charge is 0.133 e. The number of aromatic nitrogens is 1. The summed E-state index contributed by atoms with van der Waals surface area (Å²) in [6.45, 7) is 1.85. The van der Waals surface area contributed by atoms with Gasteiger partial charge in [-0.2, -0.15) is 14.0 Å². The van der Waals surface area contributed by atoms with Crippen molar-refractivity contribution in [2.75, 3.05) is 0 Å². The van der Waals surface area contributed by atoms with Crippen molar-refractivity contribution in [3.63, 3.8) is 0 Å². The number of rotatable bonds is 0. The summed E-state index contributed by atoms with van der Waals surface area (Å²) < 4.78 is 37.3. The highest BCUT2D eigenvalue weighted by Gasteiger charge is 1.98. The Morgan fingerprint density at radius 3 is 2.09 bits per heavy atom. The molecule has 64 valence electrons. The second kappa shape index (κ2) is 4.27. The maximum absolute atomic E-state index is 8.60. The normalized spacial score (nSPS) is 10.3. The van der Waals surface area contributed by atoms with E-state index in [0.717, 1.165) is 5.76 Å². The van der Waals surface area contributed by atoms with Gasteiger partial charge in [-0.25, -0.2) is 0 Å². The second-order valence-electron chi connectivity index (χ2n) is 1.52. The monoisotopic (exact) mass is 183 g/mol. The molecule has 7 heteroatoms. The molecule has 0 fully saturated rings. The predicted molar refractivity (Wildman–Crippen MR) is 23.5 cm³/mol. The van der Waals surface area contributed by atoms with Crippen LogP contribution in [-0.4, -0.2) is 9.82 Å². The Kier molecular flexibility index (Phi) is 4.01. The third-order valence-electron chi connectivity index (χ3n) is 0.567. The van der Waals surface area contributed by atoms with Gasteiger partial charge in [0.25, 0.3) is 0 Å². The number of hydrogen-bond acceptors (Lipinski definition) is 6. The van der Waals surface area contributed by atoms with E-state index in [1.165, 1.54) is 0 Å². The van der Waals surface area contributed by atoms with Gasteiger partial charge in [-0.3, -0.25) is 0 Å². The summed E-state index contributed by atoms with van der Waals surface area (Å²) in [4.78, 5) is 0. The lowest BCUT2D eigenvalue weighted by atomic mass is 10.5. The van der Waals surface area contributed by atoms with Gasteiger partial charge in [0.05, 0.1) is 21.1 Å². The molecule has 0 aliphatic heterocycles. The zero-order chi connectivity index (χ0) is 8.91. The molecule has 0 saturated carbocycles. The summed E-state index contributed by atoms with van der Waals surface area (Å²) in [6.07, 6.45) is 1.62. The minimum atomic E-state index is -4.69. The predicted octanol–water partition coefficient (Wildman–Crippen LogP) is -3.14. The first-order valence-corrected chi connectivity index (χ1v) is 3.66. The molecular formula is C4H6ClNO5. The van der Waals surface area contributed by atoms with Gasteiger partial charge in [0, 0.05) is 6.07 Å². The van der Waals surface area contributed by atoms with Crippen LogP contribution in [0.25, 0.3) is 0 Å². The van der Waals surface area contributed by atoms with Gasteiger partial charge in [0.2, 0.25) is 0 Å². The van der Waals surface area contributed by atoms with Crippen molar-refractivity contribution < 1.29 is 33.4 Å². The fourth-order valence-corrected chi connectivity index (χ4v) is 0.279. The van der Waals surface area contributed by atoms with Crippen LogP contribution in [0.4, 0.5) is 0 Å². The van der Waals surface area contributed by atoms with Crippen LogP contribution in [0.5, 0.6) is 0 Å². The summed E-state index contributed by atoms with van der Waals surface area (Å²) in [5, 5.41) is 3.45. The molecule has 0 aliphatic rings. The van der Waals surface area contributed by atoms with E-state index in [-0.39, 0.29) is 0 Å². The molecular weight excluding hydrogens is 177 g/mol. The summed E-state index contributed by atoms with van der Waals surface area (Å²) >= 11 is 0. The fourth-order valence-electron chi connectivity index (χ4n) is 0.279. The van der Waals surface area contributed by atoms with E-state index in [9.17, 15) is 0 Å². The van der Waals surface area contributed by atoms with E-state index in [1.54, 1.807) is 12.3 Å². The molecule has 1 rings (SSSR count). The highest BCUT2D eigenvalue weighted by atomic mass is 35.7. The molecule has 1 heterocycles. The first-order chi connectivity index (χ1) is 4.89. The van der Waals surface area contributed by atoms with Crippen LogP contribution in [0, 0.1) is 17.2 Å². The second-order valence-corrected chi connectivity index (χ2v) is 2.31. The van der Waals surface area contributed by atoms with Crippen LogP contribution in [-0.2, 0) is 0 Å². The number of hydrogen-bond donors (Lipinski definition) is 1. The molecule has 0 unspecified atom stereocenters. The molecule has 0 atom stereocenters. The molecule has 0 bridgehead atoms. The fraction of sp³-hybridized carbons (Fsp3) is 0.250. The minimum Gasteiger partial charge on any atom is -0.362 e. The van der Waals surface area contributed by atoms with Crippen molar-refractivity contribution in [1.29, 1.82) is 0 Å². The maximum Gasteiger partial charge on any atom is 0.133 e. The number of aryl methyl sites for hydroxylation is 1. The van der Waals surface area contributed by atoms with Crippen molar-refractivity contribution in [3.05, 3.63) is 18.0 Å². The summed E-state index contributed by atoms with van der Waals surface area (Å²) in [5.41, 5.74) is 0. The van der Waals surface area contributed by atoms with E-state index in [0.29, 0.717) is 0 Å². The lowest BCUT2D eigenvalue weighted by molar-refractivity contribution is -1.92. The molecule has 0 spiro atoms.